The van der Waals surface area contributed by atoms with Crippen LogP contribution in [0.15, 0.2) is 28.3 Å². The maximum absolute atomic E-state index is 8.76. The third-order valence-electron chi connectivity index (χ3n) is 1.82. The molecule has 0 aliphatic rings. The molecule has 2 heterocycles. The van der Waals surface area contributed by atoms with E-state index < -0.39 is 0 Å². The Hall–Kier alpha value is -1.12. The minimum atomic E-state index is 0.449. The molecule has 0 saturated carbocycles. The van der Waals surface area contributed by atoms with Gasteiger partial charge in [0.15, 0.2) is 0 Å². The van der Waals surface area contributed by atoms with Crippen LogP contribution in [0.25, 0.3) is 0 Å². The van der Waals surface area contributed by atoms with Gasteiger partial charge in [-0.3, -0.25) is 0 Å². The molecule has 0 spiro atoms. The summed E-state index contributed by atoms with van der Waals surface area (Å²) in [5, 5.41) is 10.8. The lowest BCUT2D eigenvalue weighted by atomic mass is 10.4. The van der Waals surface area contributed by atoms with E-state index in [-0.39, 0.29) is 0 Å². The average molecular weight is 268 g/mol. The number of nitriles is 1. The number of hydrogen-bond donors (Lipinski definition) is 0. The molecule has 2 rings (SSSR count). The Balaban J connectivity index is 2.28. The minimum Gasteiger partial charge on any atom is -0.317 e. The first kappa shape index (κ1) is 9.44. The van der Waals surface area contributed by atoms with Crippen LogP contribution in [-0.4, -0.2) is 9.55 Å². The summed E-state index contributed by atoms with van der Waals surface area (Å²) in [5.74, 6) is 0.449. The van der Waals surface area contributed by atoms with Crippen molar-refractivity contribution in [3.8, 4) is 6.07 Å². The highest BCUT2D eigenvalue weighted by molar-refractivity contribution is 9.10. The second-order valence-corrected chi connectivity index (χ2v) is 4.54. The Bertz CT molecular complexity index is 480. The molecule has 70 valence electrons. The number of aromatic nitrogens is 2. The Labute approximate surface area is 93.8 Å². The van der Waals surface area contributed by atoms with Crippen molar-refractivity contribution < 1.29 is 0 Å². The van der Waals surface area contributed by atoms with Crippen LogP contribution < -0.4 is 0 Å². The fourth-order valence-electron chi connectivity index (χ4n) is 1.14. The molecule has 0 aliphatic carbocycles. The van der Waals surface area contributed by atoms with Crippen molar-refractivity contribution in [1.29, 1.82) is 5.26 Å². The van der Waals surface area contributed by atoms with Crippen molar-refractivity contribution in [2.24, 2.45) is 0 Å². The summed E-state index contributed by atoms with van der Waals surface area (Å²) in [7, 11) is 0. The van der Waals surface area contributed by atoms with E-state index in [2.05, 4.69) is 20.9 Å². The molecule has 0 fully saturated rings. The number of imidazole rings is 1. The number of hydrogen-bond acceptors (Lipinski definition) is 3. The van der Waals surface area contributed by atoms with Gasteiger partial charge >= 0.3 is 0 Å². The lowest BCUT2D eigenvalue weighted by Gasteiger charge is -2.01. The first-order chi connectivity index (χ1) is 6.81. The van der Waals surface area contributed by atoms with Crippen molar-refractivity contribution in [3.05, 3.63) is 39.0 Å². The van der Waals surface area contributed by atoms with E-state index in [1.165, 1.54) is 4.88 Å². The fraction of sp³-hybridized carbons (Fsp3) is 0.111. The molecule has 2 aromatic rings. The molecule has 0 bridgehead atoms. The van der Waals surface area contributed by atoms with Crippen LogP contribution in [0, 0.1) is 11.3 Å². The zero-order valence-corrected chi connectivity index (χ0v) is 9.55. The predicted octanol–water partition coefficient (Wildman–Crippen LogP) is 2.63. The second-order valence-electron chi connectivity index (χ2n) is 2.68. The van der Waals surface area contributed by atoms with Gasteiger partial charge in [-0.05, 0) is 27.4 Å². The van der Waals surface area contributed by atoms with E-state index in [4.69, 9.17) is 5.26 Å². The summed E-state index contributed by atoms with van der Waals surface area (Å²) in [6.45, 7) is 0.696. The number of rotatable bonds is 2. The van der Waals surface area contributed by atoms with E-state index >= 15 is 0 Å². The summed E-state index contributed by atoms with van der Waals surface area (Å²) in [5.41, 5.74) is 0. The summed E-state index contributed by atoms with van der Waals surface area (Å²) < 4.78 is 2.91. The smallest absolute Gasteiger partial charge is 0.213 e. The fourth-order valence-corrected chi connectivity index (χ4v) is 2.62. The second kappa shape index (κ2) is 3.95. The molecule has 0 unspecified atom stereocenters. The molecule has 0 aromatic carbocycles. The van der Waals surface area contributed by atoms with Crippen LogP contribution in [-0.2, 0) is 6.54 Å². The van der Waals surface area contributed by atoms with Gasteiger partial charge in [0.2, 0.25) is 5.82 Å². The Kier molecular flexibility index (Phi) is 2.66. The third-order valence-corrected chi connectivity index (χ3v) is 3.73. The van der Waals surface area contributed by atoms with E-state index in [1.807, 2.05) is 28.3 Å². The van der Waals surface area contributed by atoms with E-state index in [1.54, 1.807) is 17.5 Å². The molecular weight excluding hydrogens is 262 g/mol. The van der Waals surface area contributed by atoms with Crippen LogP contribution in [0.4, 0.5) is 0 Å². The predicted molar refractivity (Wildman–Crippen MR) is 58.1 cm³/mol. The Morgan fingerprint density at radius 2 is 2.50 bits per heavy atom. The van der Waals surface area contributed by atoms with E-state index in [0.717, 1.165) is 4.47 Å². The molecule has 0 saturated heterocycles. The lowest BCUT2D eigenvalue weighted by Crippen LogP contribution is -2.00. The molecule has 14 heavy (non-hydrogen) atoms. The van der Waals surface area contributed by atoms with Gasteiger partial charge in [0, 0.05) is 21.7 Å². The Morgan fingerprint density at radius 3 is 3.14 bits per heavy atom. The molecule has 0 aliphatic heterocycles. The average Bonchev–Trinajstić information content (AvgIpc) is 2.77. The summed E-state index contributed by atoms with van der Waals surface area (Å²) >= 11 is 5.11. The van der Waals surface area contributed by atoms with Gasteiger partial charge < -0.3 is 4.57 Å². The maximum atomic E-state index is 8.76. The van der Waals surface area contributed by atoms with Gasteiger partial charge in [-0.25, -0.2) is 4.98 Å². The van der Waals surface area contributed by atoms with Crippen molar-refractivity contribution in [2.75, 3.05) is 0 Å². The van der Waals surface area contributed by atoms with Crippen molar-refractivity contribution >= 4 is 27.3 Å². The first-order valence-electron chi connectivity index (χ1n) is 3.94. The largest absolute Gasteiger partial charge is 0.317 e. The number of thiophene rings is 1. The topological polar surface area (TPSA) is 41.6 Å². The van der Waals surface area contributed by atoms with E-state index in [0.29, 0.717) is 12.4 Å². The standard InChI is InChI=1S/C9H6BrN3S/c10-7-1-4-14-8(7)6-13-3-2-12-9(13)5-11/h1-4H,6H2. The SMILES string of the molecule is N#Cc1nccn1Cc1sccc1Br. The zero-order valence-electron chi connectivity index (χ0n) is 7.14. The summed E-state index contributed by atoms with van der Waals surface area (Å²) in [4.78, 5) is 5.13. The molecular formula is C9H6BrN3S. The highest BCUT2D eigenvalue weighted by atomic mass is 79.9. The van der Waals surface area contributed by atoms with Crippen LogP contribution in [0.2, 0.25) is 0 Å². The number of halogens is 1. The molecule has 0 amide bonds. The molecule has 3 nitrogen and oxygen atoms in total. The van der Waals surface area contributed by atoms with Crippen LogP contribution in [0.5, 0.6) is 0 Å². The van der Waals surface area contributed by atoms with Crippen LogP contribution >= 0.6 is 27.3 Å². The molecule has 2 aromatic heterocycles. The maximum Gasteiger partial charge on any atom is 0.213 e. The minimum absolute atomic E-state index is 0.449. The van der Waals surface area contributed by atoms with Crippen LogP contribution in [0.3, 0.4) is 0 Å². The summed E-state index contributed by atoms with van der Waals surface area (Å²) in [6, 6.07) is 4.05. The summed E-state index contributed by atoms with van der Waals surface area (Å²) in [6.07, 6.45) is 3.45. The Morgan fingerprint density at radius 1 is 1.64 bits per heavy atom. The van der Waals surface area contributed by atoms with Crippen molar-refractivity contribution in [1.82, 2.24) is 9.55 Å². The highest BCUT2D eigenvalue weighted by Gasteiger charge is 2.05. The van der Waals surface area contributed by atoms with Gasteiger partial charge in [0.25, 0.3) is 0 Å². The normalized spacial score (nSPS) is 10.0. The van der Waals surface area contributed by atoms with E-state index in [9.17, 15) is 0 Å². The third kappa shape index (κ3) is 1.72. The van der Waals surface area contributed by atoms with Gasteiger partial charge in [-0.15, -0.1) is 11.3 Å². The quantitative estimate of drug-likeness (QED) is 0.840. The van der Waals surface area contributed by atoms with Crippen LogP contribution in [0.1, 0.15) is 10.7 Å². The first-order valence-corrected chi connectivity index (χ1v) is 5.61. The zero-order chi connectivity index (χ0) is 9.97. The molecule has 0 N–H and O–H groups in total. The number of nitrogens with zero attached hydrogens (tertiary/aromatic N) is 3. The van der Waals surface area contributed by atoms with Gasteiger partial charge in [0.05, 0.1) is 6.54 Å². The molecule has 0 radical (unpaired) electrons. The van der Waals surface area contributed by atoms with Crippen molar-refractivity contribution in [2.45, 2.75) is 6.54 Å². The van der Waals surface area contributed by atoms with Crippen molar-refractivity contribution in [3.63, 3.8) is 0 Å². The van der Waals surface area contributed by atoms with Gasteiger partial charge in [0.1, 0.15) is 6.07 Å². The van der Waals surface area contributed by atoms with Gasteiger partial charge in [-0.1, -0.05) is 0 Å². The monoisotopic (exact) mass is 267 g/mol. The highest BCUT2D eigenvalue weighted by Crippen LogP contribution is 2.23. The van der Waals surface area contributed by atoms with Gasteiger partial charge in [-0.2, -0.15) is 5.26 Å². The lowest BCUT2D eigenvalue weighted by molar-refractivity contribution is 0.791. The molecule has 0 atom stereocenters. The molecule has 5 heteroatoms.